The van der Waals surface area contributed by atoms with Crippen LogP contribution in [0.5, 0.6) is 11.5 Å². The van der Waals surface area contributed by atoms with Gasteiger partial charge in [0.05, 0.1) is 13.2 Å². The van der Waals surface area contributed by atoms with E-state index in [4.69, 9.17) is 18.9 Å². The molecule has 1 fully saturated rings. The van der Waals surface area contributed by atoms with Crippen LogP contribution in [0, 0.1) is 0 Å². The molecule has 0 unspecified atom stereocenters. The smallest absolute Gasteiger partial charge is 0.334 e. The summed E-state index contributed by atoms with van der Waals surface area (Å²) >= 11 is 0. The number of hydrogen-bond donors (Lipinski definition) is 5. The first-order valence-electron chi connectivity index (χ1n) is 15.9. The largest absolute Gasteiger partial charge is 0.504 e. The molecule has 254 valence electrons. The Morgan fingerprint density at radius 2 is 1.78 bits per heavy atom. The van der Waals surface area contributed by atoms with Gasteiger partial charge in [-0.15, -0.1) is 0 Å². The SMILES string of the molecule is CCCCCCC(=O)O[C@@H]1[C@@H](O)[C@H](C)O[C@@H](O)[C@@H]1OC(=O)/C(=C/c1ccc(O)c(OC)c1)C[C@H](CCO)c1cccc(CCO)c1. The van der Waals surface area contributed by atoms with E-state index < -0.39 is 42.6 Å². The molecular weight excluding hydrogens is 596 g/mol. The second-order valence-electron chi connectivity index (χ2n) is 11.6. The Morgan fingerprint density at radius 3 is 2.48 bits per heavy atom. The Bertz CT molecular complexity index is 1290. The van der Waals surface area contributed by atoms with Gasteiger partial charge >= 0.3 is 11.9 Å². The highest BCUT2D eigenvalue weighted by atomic mass is 16.7. The number of aliphatic hydroxyl groups is 4. The van der Waals surface area contributed by atoms with Crippen LogP contribution < -0.4 is 4.74 Å². The molecular formula is C35H48O11. The van der Waals surface area contributed by atoms with Crippen LogP contribution in [0.15, 0.2) is 48.0 Å². The molecule has 1 aliphatic rings. The third-order valence-electron chi connectivity index (χ3n) is 8.10. The fourth-order valence-corrected chi connectivity index (χ4v) is 5.50. The topological polar surface area (TPSA) is 172 Å². The van der Waals surface area contributed by atoms with Gasteiger partial charge in [-0.3, -0.25) is 4.79 Å². The fraction of sp³-hybridized carbons (Fsp3) is 0.543. The van der Waals surface area contributed by atoms with Crippen molar-refractivity contribution >= 4 is 18.0 Å². The number of phenolic OH excluding ortho intramolecular Hbond substituents is 1. The highest BCUT2D eigenvalue weighted by molar-refractivity contribution is 5.94. The second-order valence-corrected chi connectivity index (χ2v) is 11.6. The highest BCUT2D eigenvalue weighted by Gasteiger charge is 2.48. The summed E-state index contributed by atoms with van der Waals surface area (Å²) in [6.45, 7) is 3.37. The molecule has 0 bridgehead atoms. The zero-order chi connectivity index (χ0) is 33.6. The first-order chi connectivity index (χ1) is 22.1. The predicted molar refractivity (Wildman–Crippen MR) is 170 cm³/mol. The van der Waals surface area contributed by atoms with Crippen molar-refractivity contribution in [3.05, 3.63) is 64.7 Å². The summed E-state index contributed by atoms with van der Waals surface area (Å²) in [5.41, 5.74) is 2.37. The maximum atomic E-state index is 13.9. The van der Waals surface area contributed by atoms with Crippen LogP contribution >= 0.6 is 0 Å². The zero-order valence-corrected chi connectivity index (χ0v) is 26.8. The summed E-state index contributed by atoms with van der Waals surface area (Å²) < 4.78 is 22.0. The Kier molecular flexibility index (Phi) is 15.0. The van der Waals surface area contributed by atoms with Crippen molar-refractivity contribution in [3.8, 4) is 11.5 Å². The van der Waals surface area contributed by atoms with Crippen molar-refractivity contribution in [2.75, 3.05) is 20.3 Å². The molecule has 11 nitrogen and oxygen atoms in total. The van der Waals surface area contributed by atoms with E-state index in [1.165, 1.54) is 20.1 Å². The number of benzene rings is 2. The number of aliphatic hydroxyl groups excluding tert-OH is 4. The maximum absolute atomic E-state index is 13.9. The average molecular weight is 645 g/mol. The number of unbranched alkanes of at least 4 members (excludes halogenated alkanes) is 3. The van der Waals surface area contributed by atoms with Crippen LogP contribution in [-0.4, -0.2) is 88.5 Å². The van der Waals surface area contributed by atoms with Gasteiger partial charge in [-0.2, -0.15) is 0 Å². The third-order valence-corrected chi connectivity index (χ3v) is 8.10. The van der Waals surface area contributed by atoms with Gasteiger partial charge in [0.1, 0.15) is 6.10 Å². The summed E-state index contributed by atoms with van der Waals surface area (Å²) in [5.74, 6) is -1.70. The Morgan fingerprint density at radius 1 is 1.00 bits per heavy atom. The molecule has 2 aromatic carbocycles. The number of phenols is 1. The molecule has 0 amide bonds. The summed E-state index contributed by atoms with van der Waals surface area (Å²) in [6.07, 6.45) is -0.952. The van der Waals surface area contributed by atoms with Crippen LogP contribution in [0.3, 0.4) is 0 Å². The molecule has 46 heavy (non-hydrogen) atoms. The molecule has 0 radical (unpaired) electrons. The number of methoxy groups -OCH3 is 1. The highest BCUT2D eigenvalue weighted by Crippen LogP contribution is 2.33. The van der Waals surface area contributed by atoms with E-state index in [1.807, 2.05) is 24.3 Å². The van der Waals surface area contributed by atoms with E-state index in [9.17, 15) is 35.1 Å². The van der Waals surface area contributed by atoms with Gasteiger partial charge in [0, 0.05) is 25.2 Å². The van der Waals surface area contributed by atoms with Crippen LogP contribution in [0.25, 0.3) is 6.08 Å². The Labute approximate surface area is 270 Å². The van der Waals surface area contributed by atoms with Crippen LogP contribution in [0.2, 0.25) is 0 Å². The molecule has 0 spiro atoms. The molecule has 0 aliphatic carbocycles. The zero-order valence-electron chi connectivity index (χ0n) is 26.8. The van der Waals surface area contributed by atoms with Crippen LogP contribution in [0.1, 0.15) is 81.4 Å². The summed E-state index contributed by atoms with van der Waals surface area (Å²) in [4.78, 5) is 26.6. The van der Waals surface area contributed by atoms with E-state index in [0.717, 1.165) is 30.4 Å². The molecule has 0 saturated carbocycles. The van der Waals surface area contributed by atoms with Gasteiger partial charge in [0.15, 0.2) is 30.0 Å². The third kappa shape index (κ3) is 10.5. The average Bonchev–Trinajstić information content (AvgIpc) is 3.04. The number of aromatic hydroxyl groups is 1. The molecule has 3 rings (SSSR count). The van der Waals surface area contributed by atoms with Crippen molar-refractivity contribution in [2.45, 2.75) is 102 Å². The lowest BCUT2D eigenvalue weighted by Crippen LogP contribution is -2.59. The second kappa shape index (κ2) is 18.6. The molecule has 1 saturated heterocycles. The molecule has 5 N–H and O–H groups in total. The Hall–Kier alpha value is -3.48. The minimum absolute atomic E-state index is 0.0327. The summed E-state index contributed by atoms with van der Waals surface area (Å²) in [7, 11) is 1.40. The van der Waals surface area contributed by atoms with Crippen molar-refractivity contribution in [1.29, 1.82) is 0 Å². The van der Waals surface area contributed by atoms with Crippen molar-refractivity contribution in [2.24, 2.45) is 0 Å². The number of rotatable bonds is 17. The quantitative estimate of drug-likeness (QED) is 0.0964. The monoisotopic (exact) mass is 644 g/mol. The van der Waals surface area contributed by atoms with E-state index in [2.05, 4.69) is 6.92 Å². The van der Waals surface area contributed by atoms with Gasteiger partial charge in [-0.25, -0.2) is 4.79 Å². The molecule has 2 aromatic rings. The standard InChI is InChI=1S/C35H48O11/c1-4-5-6-7-11-30(39)45-32-31(40)22(2)44-35(42)33(32)46-34(41)27(19-24-12-13-28(38)29(20-24)43-3)21-26(15-17-37)25-10-8-9-23(18-25)14-16-36/h8-10,12-13,18-20,22,26,31-33,35-38,40,42H,4-7,11,14-17,21H2,1-3H3/b27-19+/t22-,26-,31-,32+,33+,35+/m0/s1. The molecule has 11 heteroatoms. The molecule has 0 aromatic heterocycles. The van der Waals surface area contributed by atoms with Crippen LogP contribution in [0.4, 0.5) is 0 Å². The first kappa shape index (κ1) is 37.0. The van der Waals surface area contributed by atoms with E-state index in [0.29, 0.717) is 24.8 Å². The number of carbonyl (C=O) groups is 2. The Balaban J connectivity index is 1.95. The number of ether oxygens (including phenoxy) is 4. The lowest BCUT2D eigenvalue weighted by Gasteiger charge is -2.40. The minimum atomic E-state index is -1.68. The maximum Gasteiger partial charge on any atom is 0.334 e. The van der Waals surface area contributed by atoms with Crippen molar-refractivity contribution in [1.82, 2.24) is 0 Å². The van der Waals surface area contributed by atoms with Crippen molar-refractivity contribution < 1.29 is 54.1 Å². The van der Waals surface area contributed by atoms with E-state index >= 15 is 0 Å². The van der Waals surface area contributed by atoms with Crippen molar-refractivity contribution in [3.63, 3.8) is 0 Å². The minimum Gasteiger partial charge on any atom is -0.504 e. The number of hydrogen-bond acceptors (Lipinski definition) is 11. The van der Waals surface area contributed by atoms with Gasteiger partial charge in [0.25, 0.3) is 0 Å². The summed E-state index contributed by atoms with van der Waals surface area (Å²) in [6, 6.07) is 12.1. The fourth-order valence-electron chi connectivity index (χ4n) is 5.50. The normalized spacial score (nSPS) is 22.2. The van der Waals surface area contributed by atoms with Gasteiger partial charge < -0.3 is 44.5 Å². The molecule has 1 heterocycles. The van der Waals surface area contributed by atoms with Gasteiger partial charge in [0.2, 0.25) is 0 Å². The predicted octanol–water partition coefficient (Wildman–Crippen LogP) is 3.77. The lowest BCUT2D eigenvalue weighted by atomic mass is 9.87. The van der Waals surface area contributed by atoms with E-state index in [1.54, 1.807) is 18.2 Å². The van der Waals surface area contributed by atoms with E-state index in [-0.39, 0.29) is 49.0 Å². The molecule has 6 atom stereocenters. The van der Waals surface area contributed by atoms with Gasteiger partial charge in [-0.1, -0.05) is 56.5 Å². The lowest BCUT2D eigenvalue weighted by molar-refractivity contribution is -0.285. The number of esters is 2. The number of carbonyl (C=O) groups excluding carboxylic acids is 2. The molecule has 1 aliphatic heterocycles. The first-order valence-corrected chi connectivity index (χ1v) is 15.9. The van der Waals surface area contributed by atoms with Crippen LogP contribution in [-0.2, 0) is 30.2 Å². The summed E-state index contributed by atoms with van der Waals surface area (Å²) in [5, 5.41) is 51.1. The van der Waals surface area contributed by atoms with Gasteiger partial charge in [-0.05, 0) is 73.4 Å².